The minimum absolute atomic E-state index is 0.0938. The summed E-state index contributed by atoms with van der Waals surface area (Å²) < 4.78 is 5.50. The van der Waals surface area contributed by atoms with Gasteiger partial charge in [-0.3, -0.25) is 14.5 Å². The molecule has 28 heavy (non-hydrogen) atoms. The number of benzene rings is 2. The van der Waals surface area contributed by atoms with Gasteiger partial charge in [-0.05, 0) is 31.2 Å². The number of ether oxygens (including phenoxy) is 1. The maximum Gasteiger partial charge on any atom is 0.278 e. The van der Waals surface area contributed by atoms with Crippen LogP contribution in [-0.4, -0.2) is 29.9 Å². The van der Waals surface area contributed by atoms with Crippen molar-refractivity contribution in [2.24, 2.45) is 0 Å². The molecule has 3 rings (SSSR count). The van der Waals surface area contributed by atoms with Crippen molar-refractivity contribution >= 4 is 46.3 Å². The van der Waals surface area contributed by atoms with E-state index in [9.17, 15) is 9.59 Å². The molecule has 1 aliphatic rings. The smallest absolute Gasteiger partial charge is 0.278 e. The number of hydrogen-bond donors (Lipinski definition) is 1. The molecule has 1 heterocycles. The third-order valence-electron chi connectivity index (χ3n) is 4.09. The van der Waals surface area contributed by atoms with Crippen LogP contribution in [0.5, 0.6) is 5.75 Å². The van der Waals surface area contributed by atoms with Crippen LogP contribution in [0.15, 0.2) is 60.8 Å². The fraction of sp³-hybridized carbons (Fsp3) is 0.143. The second-order valence-electron chi connectivity index (χ2n) is 5.97. The number of carbonyl (C=O) groups excluding carboxylic acids is 2. The normalized spacial score (nSPS) is 13.9. The van der Waals surface area contributed by atoms with Gasteiger partial charge in [-0.1, -0.05) is 41.4 Å². The second kappa shape index (κ2) is 8.50. The third-order valence-corrected chi connectivity index (χ3v) is 4.64. The van der Waals surface area contributed by atoms with Crippen molar-refractivity contribution in [3.8, 4) is 5.75 Å². The lowest BCUT2D eigenvalue weighted by atomic mass is 10.0. The van der Waals surface area contributed by atoms with Crippen LogP contribution in [0.2, 0.25) is 10.0 Å². The van der Waals surface area contributed by atoms with E-state index in [1.165, 1.54) is 12.1 Å². The van der Waals surface area contributed by atoms with Gasteiger partial charge < -0.3 is 10.1 Å². The number of amides is 2. The topological polar surface area (TPSA) is 58.6 Å². The van der Waals surface area contributed by atoms with E-state index in [1.54, 1.807) is 30.3 Å². The van der Waals surface area contributed by atoms with E-state index in [4.69, 9.17) is 27.9 Å². The van der Waals surface area contributed by atoms with Gasteiger partial charge in [-0.25, -0.2) is 0 Å². The van der Waals surface area contributed by atoms with Gasteiger partial charge in [0.1, 0.15) is 11.4 Å². The van der Waals surface area contributed by atoms with Gasteiger partial charge >= 0.3 is 0 Å². The van der Waals surface area contributed by atoms with Crippen LogP contribution in [-0.2, 0) is 9.59 Å². The molecule has 2 amide bonds. The van der Waals surface area contributed by atoms with E-state index in [0.29, 0.717) is 28.6 Å². The van der Waals surface area contributed by atoms with Crippen molar-refractivity contribution in [1.29, 1.82) is 0 Å². The summed E-state index contributed by atoms with van der Waals surface area (Å²) in [4.78, 5) is 27.0. The standard InChI is InChI=1S/C21H18Cl2N2O3/c1-3-10-25-20(26)18(16-9-8-13(22)11-17(16)23)19(21(25)27)24-14-6-5-7-15(12-14)28-4-2/h3,5-9,11-12,24H,1,4,10H2,2H3. The number of rotatable bonds is 7. The van der Waals surface area contributed by atoms with Gasteiger partial charge in [-0.2, -0.15) is 0 Å². The molecular formula is C21H18Cl2N2O3. The average molecular weight is 417 g/mol. The molecular weight excluding hydrogens is 399 g/mol. The molecule has 0 saturated carbocycles. The van der Waals surface area contributed by atoms with Crippen LogP contribution in [0.4, 0.5) is 5.69 Å². The summed E-state index contributed by atoms with van der Waals surface area (Å²) in [6.45, 7) is 6.11. The highest BCUT2D eigenvalue weighted by atomic mass is 35.5. The Balaban J connectivity index is 2.09. The molecule has 2 aromatic carbocycles. The van der Waals surface area contributed by atoms with Gasteiger partial charge in [-0.15, -0.1) is 6.58 Å². The molecule has 7 heteroatoms. The Kier molecular flexibility index (Phi) is 6.07. The zero-order valence-corrected chi connectivity index (χ0v) is 16.7. The maximum atomic E-state index is 13.0. The van der Waals surface area contributed by atoms with Crippen molar-refractivity contribution in [3.05, 3.63) is 76.4 Å². The molecule has 144 valence electrons. The molecule has 0 aromatic heterocycles. The Morgan fingerprint density at radius 2 is 1.93 bits per heavy atom. The first kappa shape index (κ1) is 20.0. The molecule has 0 radical (unpaired) electrons. The number of carbonyl (C=O) groups is 2. The van der Waals surface area contributed by atoms with Crippen LogP contribution in [0, 0.1) is 0 Å². The Bertz CT molecular complexity index is 985. The molecule has 0 atom stereocenters. The van der Waals surface area contributed by atoms with E-state index < -0.39 is 11.8 Å². The predicted octanol–water partition coefficient (Wildman–Crippen LogP) is 4.77. The third kappa shape index (κ3) is 3.91. The fourth-order valence-corrected chi connectivity index (χ4v) is 3.41. The number of halogens is 2. The Morgan fingerprint density at radius 1 is 1.14 bits per heavy atom. The highest BCUT2D eigenvalue weighted by Gasteiger charge is 2.39. The summed E-state index contributed by atoms with van der Waals surface area (Å²) in [5, 5.41) is 3.78. The summed E-state index contributed by atoms with van der Waals surface area (Å²) in [5.41, 5.74) is 1.38. The average Bonchev–Trinajstić information content (AvgIpc) is 2.88. The lowest BCUT2D eigenvalue weighted by Crippen LogP contribution is -2.32. The van der Waals surface area contributed by atoms with Crippen molar-refractivity contribution in [3.63, 3.8) is 0 Å². The predicted molar refractivity (Wildman–Crippen MR) is 112 cm³/mol. The minimum Gasteiger partial charge on any atom is -0.494 e. The Hall–Kier alpha value is -2.76. The number of hydrogen-bond acceptors (Lipinski definition) is 4. The van der Waals surface area contributed by atoms with Crippen LogP contribution in [0.3, 0.4) is 0 Å². The SMILES string of the molecule is C=CCN1C(=O)C(Nc2cccc(OCC)c2)=C(c2ccc(Cl)cc2Cl)C1=O. The summed E-state index contributed by atoms with van der Waals surface area (Å²) in [6.07, 6.45) is 1.50. The number of anilines is 1. The van der Waals surface area contributed by atoms with Gasteiger partial charge in [0.15, 0.2) is 0 Å². The first-order valence-corrected chi connectivity index (χ1v) is 9.38. The fourth-order valence-electron chi connectivity index (χ4n) is 2.90. The molecule has 5 nitrogen and oxygen atoms in total. The van der Waals surface area contributed by atoms with Crippen LogP contribution in [0.1, 0.15) is 12.5 Å². The summed E-state index contributed by atoms with van der Waals surface area (Å²) in [6, 6.07) is 11.9. The molecule has 0 unspecified atom stereocenters. The van der Waals surface area contributed by atoms with Crippen molar-refractivity contribution in [1.82, 2.24) is 4.90 Å². The van der Waals surface area contributed by atoms with E-state index in [1.807, 2.05) is 13.0 Å². The minimum atomic E-state index is -0.451. The van der Waals surface area contributed by atoms with Crippen molar-refractivity contribution in [2.75, 3.05) is 18.5 Å². The van der Waals surface area contributed by atoms with Gasteiger partial charge in [0.05, 0.1) is 17.2 Å². The first-order chi connectivity index (χ1) is 13.5. The molecule has 0 saturated heterocycles. The van der Waals surface area contributed by atoms with Gasteiger partial charge in [0.2, 0.25) is 0 Å². The van der Waals surface area contributed by atoms with E-state index in [2.05, 4.69) is 11.9 Å². The molecule has 1 aliphatic heterocycles. The molecule has 0 aliphatic carbocycles. The highest BCUT2D eigenvalue weighted by Crippen LogP contribution is 2.35. The second-order valence-corrected chi connectivity index (χ2v) is 6.81. The Morgan fingerprint density at radius 3 is 2.61 bits per heavy atom. The van der Waals surface area contributed by atoms with Crippen LogP contribution >= 0.6 is 23.2 Å². The van der Waals surface area contributed by atoms with E-state index in [-0.39, 0.29) is 22.8 Å². The largest absolute Gasteiger partial charge is 0.494 e. The summed E-state index contributed by atoms with van der Waals surface area (Å²) >= 11 is 12.3. The molecule has 2 aromatic rings. The van der Waals surface area contributed by atoms with Crippen molar-refractivity contribution < 1.29 is 14.3 Å². The zero-order chi connectivity index (χ0) is 20.3. The monoisotopic (exact) mass is 416 g/mol. The number of imide groups is 1. The van der Waals surface area contributed by atoms with Gasteiger partial charge in [0, 0.05) is 28.9 Å². The van der Waals surface area contributed by atoms with Crippen LogP contribution in [0.25, 0.3) is 5.57 Å². The maximum absolute atomic E-state index is 13.0. The molecule has 0 fully saturated rings. The highest BCUT2D eigenvalue weighted by molar-refractivity contribution is 6.41. The quantitative estimate of drug-likeness (QED) is 0.521. The summed E-state index contributed by atoms with van der Waals surface area (Å²) in [5.74, 6) is -0.246. The van der Waals surface area contributed by atoms with Gasteiger partial charge in [0.25, 0.3) is 11.8 Å². The molecule has 1 N–H and O–H groups in total. The molecule has 0 bridgehead atoms. The van der Waals surface area contributed by atoms with E-state index in [0.717, 1.165) is 4.90 Å². The summed E-state index contributed by atoms with van der Waals surface area (Å²) in [7, 11) is 0. The molecule has 0 spiro atoms. The lowest BCUT2D eigenvalue weighted by molar-refractivity contribution is -0.136. The lowest BCUT2D eigenvalue weighted by Gasteiger charge is -2.13. The van der Waals surface area contributed by atoms with Crippen molar-refractivity contribution in [2.45, 2.75) is 6.92 Å². The zero-order valence-electron chi connectivity index (χ0n) is 15.2. The number of nitrogens with one attached hydrogen (secondary N) is 1. The first-order valence-electron chi connectivity index (χ1n) is 8.63. The van der Waals surface area contributed by atoms with Crippen LogP contribution < -0.4 is 10.1 Å². The van der Waals surface area contributed by atoms with E-state index >= 15 is 0 Å². The Labute approximate surface area is 173 Å². The number of nitrogens with zero attached hydrogens (tertiary/aromatic N) is 1.